The maximum atomic E-state index is 12.9. The average molecular weight is 390 g/mol. The predicted octanol–water partition coefficient (Wildman–Crippen LogP) is 3.18. The predicted molar refractivity (Wildman–Crippen MR) is 114 cm³/mol. The van der Waals surface area contributed by atoms with Gasteiger partial charge in [0.2, 0.25) is 5.91 Å². The summed E-state index contributed by atoms with van der Waals surface area (Å²) in [5, 5.41) is 1.21. The number of hydrogen-bond donors (Lipinski definition) is 1. The van der Waals surface area contributed by atoms with Crippen LogP contribution in [-0.4, -0.2) is 51.9 Å². The van der Waals surface area contributed by atoms with Crippen molar-refractivity contribution in [2.75, 3.05) is 31.1 Å². The van der Waals surface area contributed by atoms with E-state index < -0.39 is 0 Å². The standard InChI is InChI=1S/C23H27N5O/c1-16-10-22(26-15-25-16)28-12-19-7-9-27(13-20(19)14-28)23(29)5-3-17-2-4-21-18(11-17)6-8-24-21/h2,4,6,8,10-11,15,19-20,24H,3,5,7,9,12-14H2,1H3/t19-,20+/m0/s1. The Morgan fingerprint density at radius 3 is 2.93 bits per heavy atom. The Morgan fingerprint density at radius 2 is 2.03 bits per heavy atom. The molecular weight excluding hydrogens is 362 g/mol. The minimum Gasteiger partial charge on any atom is -0.361 e. The Labute approximate surface area is 171 Å². The molecule has 29 heavy (non-hydrogen) atoms. The monoisotopic (exact) mass is 389 g/mol. The second kappa shape index (κ2) is 7.50. The smallest absolute Gasteiger partial charge is 0.222 e. The van der Waals surface area contributed by atoms with Gasteiger partial charge in [0.15, 0.2) is 0 Å². The van der Waals surface area contributed by atoms with Crippen LogP contribution in [0.5, 0.6) is 0 Å². The third-order valence-electron chi connectivity index (χ3n) is 6.51. The molecule has 1 aromatic carbocycles. The van der Waals surface area contributed by atoms with Gasteiger partial charge in [0, 0.05) is 56.1 Å². The van der Waals surface area contributed by atoms with E-state index in [2.05, 4.69) is 55.1 Å². The van der Waals surface area contributed by atoms with Crippen LogP contribution in [0.4, 0.5) is 5.82 Å². The maximum Gasteiger partial charge on any atom is 0.222 e. The van der Waals surface area contributed by atoms with Crippen LogP contribution < -0.4 is 4.90 Å². The van der Waals surface area contributed by atoms with Crippen molar-refractivity contribution >= 4 is 22.6 Å². The first-order valence-corrected chi connectivity index (χ1v) is 10.5. The molecule has 2 atom stereocenters. The number of likely N-dealkylation sites (tertiary alicyclic amines) is 1. The SMILES string of the molecule is Cc1cc(N2C[C@H]3CN(C(=O)CCc4ccc5[nH]ccc5c4)CC[C@H]3C2)ncn1. The van der Waals surface area contributed by atoms with Crippen LogP contribution in [0.15, 0.2) is 42.9 Å². The number of carbonyl (C=O) groups excluding carboxylic acids is 1. The molecule has 2 saturated heterocycles. The van der Waals surface area contributed by atoms with Crippen molar-refractivity contribution in [1.29, 1.82) is 0 Å². The molecule has 2 aliphatic heterocycles. The van der Waals surface area contributed by atoms with Crippen molar-refractivity contribution in [3.05, 3.63) is 54.1 Å². The number of piperidine rings is 1. The van der Waals surface area contributed by atoms with Gasteiger partial charge in [0.1, 0.15) is 12.1 Å². The zero-order valence-corrected chi connectivity index (χ0v) is 16.8. The first kappa shape index (κ1) is 18.2. The number of benzene rings is 1. The second-order valence-corrected chi connectivity index (χ2v) is 8.47. The molecule has 5 rings (SSSR count). The fourth-order valence-electron chi connectivity index (χ4n) is 4.86. The van der Waals surface area contributed by atoms with Gasteiger partial charge in [-0.15, -0.1) is 0 Å². The van der Waals surface area contributed by atoms with E-state index in [4.69, 9.17) is 0 Å². The molecule has 150 valence electrons. The maximum absolute atomic E-state index is 12.9. The van der Waals surface area contributed by atoms with E-state index in [9.17, 15) is 4.79 Å². The van der Waals surface area contributed by atoms with E-state index in [-0.39, 0.29) is 5.91 Å². The van der Waals surface area contributed by atoms with Crippen LogP contribution in [0.1, 0.15) is 24.1 Å². The molecule has 3 aromatic rings. The Kier molecular flexibility index (Phi) is 4.70. The van der Waals surface area contributed by atoms with Crippen LogP contribution >= 0.6 is 0 Å². The minimum atomic E-state index is 0.286. The summed E-state index contributed by atoms with van der Waals surface area (Å²) in [6.45, 7) is 5.78. The lowest BCUT2D eigenvalue weighted by atomic mass is 9.88. The summed E-state index contributed by atoms with van der Waals surface area (Å²) >= 11 is 0. The van der Waals surface area contributed by atoms with Gasteiger partial charge in [-0.25, -0.2) is 9.97 Å². The third-order valence-corrected chi connectivity index (χ3v) is 6.51. The van der Waals surface area contributed by atoms with Crippen molar-refractivity contribution in [2.24, 2.45) is 11.8 Å². The van der Waals surface area contributed by atoms with E-state index in [0.717, 1.165) is 56.0 Å². The van der Waals surface area contributed by atoms with E-state index in [0.29, 0.717) is 18.3 Å². The van der Waals surface area contributed by atoms with E-state index in [1.54, 1.807) is 6.33 Å². The summed E-state index contributed by atoms with van der Waals surface area (Å²) in [6, 6.07) is 10.5. The number of aromatic nitrogens is 3. The van der Waals surface area contributed by atoms with Crippen LogP contribution in [-0.2, 0) is 11.2 Å². The van der Waals surface area contributed by atoms with Crippen LogP contribution in [0.25, 0.3) is 10.9 Å². The van der Waals surface area contributed by atoms with Gasteiger partial charge in [-0.2, -0.15) is 0 Å². The summed E-state index contributed by atoms with van der Waals surface area (Å²) in [6.07, 6.45) is 6.08. The lowest BCUT2D eigenvalue weighted by Gasteiger charge is -2.34. The fourth-order valence-corrected chi connectivity index (χ4v) is 4.86. The third kappa shape index (κ3) is 3.71. The lowest BCUT2D eigenvalue weighted by molar-refractivity contribution is -0.133. The van der Waals surface area contributed by atoms with Crippen molar-refractivity contribution in [2.45, 2.75) is 26.2 Å². The summed E-state index contributed by atoms with van der Waals surface area (Å²) in [5.41, 5.74) is 3.37. The molecule has 0 bridgehead atoms. The van der Waals surface area contributed by atoms with E-state index in [1.165, 1.54) is 10.9 Å². The molecule has 0 aliphatic carbocycles. The summed E-state index contributed by atoms with van der Waals surface area (Å²) in [5.74, 6) is 2.50. The van der Waals surface area contributed by atoms with Gasteiger partial charge < -0.3 is 14.8 Å². The number of nitrogens with zero attached hydrogens (tertiary/aromatic N) is 4. The molecule has 2 aliphatic rings. The number of nitrogens with one attached hydrogen (secondary N) is 1. The van der Waals surface area contributed by atoms with Crippen molar-refractivity contribution in [3.8, 4) is 0 Å². The van der Waals surface area contributed by atoms with Crippen LogP contribution in [0.2, 0.25) is 0 Å². The number of hydrogen-bond acceptors (Lipinski definition) is 4. The minimum absolute atomic E-state index is 0.286. The number of H-pyrrole nitrogens is 1. The number of carbonyl (C=O) groups is 1. The highest BCUT2D eigenvalue weighted by Gasteiger charge is 2.38. The Morgan fingerprint density at radius 1 is 1.14 bits per heavy atom. The van der Waals surface area contributed by atoms with E-state index >= 15 is 0 Å². The van der Waals surface area contributed by atoms with Gasteiger partial charge in [0.25, 0.3) is 0 Å². The first-order valence-electron chi connectivity index (χ1n) is 10.5. The number of aryl methyl sites for hydroxylation is 2. The Hall–Kier alpha value is -2.89. The molecule has 0 unspecified atom stereocenters. The summed E-state index contributed by atoms with van der Waals surface area (Å²) < 4.78 is 0. The topological polar surface area (TPSA) is 65.1 Å². The average Bonchev–Trinajstić information content (AvgIpc) is 3.37. The molecule has 2 aromatic heterocycles. The number of fused-ring (bicyclic) bond motifs is 2. The molecule has 1 amide bonds. The van der Waals surface area contributed by atoms with Crippen molar-refractivity contribution in [3.63, 3.8) is 0 Å². The zero-order chi connectivity index (χ0) is 19.8. The molecule has 1 N–H and O–H groups in total. The number of amides is 1. The van der Waals surface area contributed by atoms with Crippen LogP contribution in [0.3, 0.4) is 0 Å². The van der Waals surface area contributed by atoms with E-state index in [1.807, 2.05) is 13.1 Å². The summed E-state index contributed by atoms with van der Waals surface area (Å²) in [7, 11) is 0. The molecule has 0 saturated carbocycles. The molecule has 2 fully saturated rings. The molecule has 6 nitrogen and oxygen atoms in total. The van der Waals surface area contributed by atoms with Gasteiger partial charge >= 0.3 is 0 Å². The zero-order valence-electron chi connectivity index (χ0n) is 16.8. The molecule has 0 spiro atoms. The first-order chi connectivity index (χ1) is 14.2. The molecule has 4 heterocycles. The number of aromatic amines is 1. The van der Waals surface area contributed by atoms with Crippen molar-refractivity contribution < 1.29 is 4.79 Å². The highest BCUT2D eigenvalue weighted by atomic mass is 16.2. The fraction of sp³-hybridized carbons (Fsp3) is 0.435. The number of anilines is 1. The quantitative estimate of drug-likeness (QED) is 0.744. The molecule has 6 heteroatoms. The van der Waals surface area contributed by atoms with Gasteiger partial charge in [-0.1, -0.05) is 6.07 Å². The van der Waals surface area contributed by atoms with Gasteiger partial charge in [-0.05, 0) is 60.7 Å². The Balaban J connectivity index is 1.18. The second-order valence-electron chi connectivity index (χ2n) is 8.47. The van der Waals surface area contributed by atoms with Gasteiger partial charge in [-0.3, -0.25) is 4.79 Å². The molecule has 0 radical (unpaired) electrons. The number of rotatable bonds is 4. The van der Waals surface area contributed by atoms with Gasteiger partial charge in [0.05, 0.1) is 0 Å². The molecular formula is C23H27N5O. The highest BCUT2D eigenvalue weighted by Crippen LogP contribution is 2.33. The van der Waals surface area contributed by atoms with Crippen LogP contribution in [0, 0.1) is 18.8 Å². The largest absolute Gasteiger partial charge is 0.361 e. The summed E-state index contributed by atoms with van der Waals surface area (Å²) in [4.78, 5) is 29.2. The normalized spacial score (nSPS) is 21.6. The van der Waals surface area contributed by atoms with Crippen molar-refractivity contribution in [1.82, 2.24) is 19.9 Å². The highest BCUT2D eigenvalue weighted by molar-refractivity contribution is 5.80. The Bertz CT molecular complexity index is 1030. The lowest BCUT2D eigenvalue weighted by Crippen LogP contribution is -2.43.